The zero-order chi connectivity index (χ0) is 23.3. The van der Waals surface area contributed by atoms with Crippen molar-refractivity contribution in [1.82, 2.24) is 14.5 Å². The van der Waals surface area contributed by atoms with Gasteiger partial charge in [-0.05, 0) is 30.3 Å². The number of sulfonamides is 1. The highest BCUT2D eigenvalue weighted by Gasteiger charge is 2.22. The van der Waals surface area contributed by atoms with Gasteiger partial charge in [0.1, 0.15) is 11.6 Å². The van der Waals surface area contributed by atoms with E-state index in [1.54, 1.807) is 26.0 Å². The number of amides is 1. The van der Waals surface area contributed by atoms with Crippen LogP contribution in [0.5, 0.6) is 0 Å². The predicted molar refractivity (Wildman–Crippen MR) is 116 cm³/mol. The summed E-state index contributed by atoms with van der Waals surface area (Å²) in [4.78, 5) is 12.1. The molecule has 3 rings (SSSR count). The van der Waals surface area contributed by atoms with E-state index in [0.29, 0.717) is 24.7 Å². The fourth-order valence-electron chi connectivity index (χ4n) is 2.84. The van der Waals surface area contributed by atoms with E-state index in [4.69, 9.17) is 4.42 Å². The number of nitrogens with zero attached hydrogens (tertiary/aromatic N) is 3. The minimum absolute atomic E-state index is 0.00875. The van der Waals surface area contributed by atoms with Crippen molar-refractivity contribution in [3.63, 3.8) is 0 Å². The Balaban J connectivity index is 1.68. The number of hydrogen-bond donors (Lipinski definition) is 1. The van der Waals surface area contributed by atoms with E-state index in [1.165, 1.54) is 16.4 Å². The van der Waals surface area contributed by atoms with Crippen LogP contribution in [0.3, 0.4) is 0 Å². The molecule has 0 fully saturated rings. The quantitative estimate of drug-likeness (QED) is 0.463. The highest BCUT2D eigenvalue weighted by atomic mass is 32.2. The Labute approximate surface area is 188 Å². The number of nitrogens with one attached hydrogen (secondary N) is 1. The zero-order valence-corrected chi connectivity index (χ0v) is 18.8. The van der Waals surface area contributed by atoms with Gasteiger partial charge in [-0.25, -0.2) is 17.2 Å². The molecule has 0 aliphatic heterocycles. The van der Waals surface area contributed by atoms with Crippen molar-refractivity contribution in [1.29, 1.82) is 0 Å². The lowest BCUT2D eigenvalue weighted by Gasteiger charge is -2.18. The second-order valence-electron chi connectivity index (χ2n) is 6.49. The molecule has 0 spiro atoms. The van der Waals surface area contributed by atoms with Crippen molar-refractivity contribution in [2.24, 2.45) is 0 Å². The maximum Gasteiger partial charge on any atom is 0.277 e. The number of halogens is 2. The van der Waals surface area contributed by atoms with Crippen molar-refractivity contribution in [3.05, 3.63) is 54.1 Å². The minimum Gasteiger partial charge on any atom is -0.411 e. The average Bonchev–Trinajstić information content (AvgIpc) is 3.21. The number of carbonyl (C=O) groups excluding carboxylic acids is 1. The number of rotatable bonds is 9. The largest absolute Gasteiger partial charge is 0.411 e. The average molecular weight is 483 g/mol. The van der Waals surface area contributed by atoms with Crippen molar-refractivity contribution < 1.29 is 26.4 Å². The van der Waals surface area contributed by atoms with Gasteiger partial charge >= 0.3 is 0 Å². The first-order valence-corrected chi connectivity index (χ1v) is 12.0. The molecule has 32 heavy (non-hydrogen) atoms. The highest BCUT2D eigenvalue weighted by molar-refractivity contribution is 7.99. The number of carbonyl (C=O) groups is 1. The molecule has 0 aliphatic rings. The van der Waals surface area contributed by atoms with Gasteiger partial charge in [-0.3, -0.25) is 4.79 Å². The number of thioether (sulfide) groups is 1. The molecule has 8 nitrogen and oxygen atoms in total. The van der Waals surface area contributed by atoms with Crippen molar-refractivity contribution >= 4 is 33.4 Å². The molecular weight excluding hydrogens is 462 g/mol. The molecule has 170 valence electrons. The molecule has 0 saturated carbocycles. The molecule has 12 heteroatoms. The van der Waals surface area contributed by atoms with E-state index in [0.717, 1.165) is 23.9 Å². The number of hydrogen-bond acceptors (Lipinski definition) is 7. The Hall–Kier alpha value is -2.83. The molecule has 0 radical (unpaired) electrons. The van der Waals surface area contributed by atoms with E-state index in [2.05, 4.69) is 15.5 Å². The molecule has 1 N–H and O–H groups in total. The van der Waals surface area contributed by atoms with Gasteiger partial charge in [-0.1, -0.05) is 31.7 Å². The van der Waals surface area contributed by atoms with Crippen LogP contribution in [0.1, 0.15) is 13.8 Å². The number of benzene rings is 2. The van der Waals surface area contributed by atoms with Gasteiger partial charge in [-0.15, -0.1) is 10.2 Å². The van der Waals surface area contributed by atoms with Crippen LogP contribution in [0, 0.1) is 11.6 Å². The first kappa shape index (κ1) is 23.8. The first-order chi connectivity index (χ1) is 15.2. The fraction of sp³-hybridized carbons (Fsp3) is 0.250. The van der Waals surface area contributed by atoms with Crippen LogP contribution in [-0.4, -0.2) is 47.7 Å². The molecule has 0 atom stereocenters. The van der Waals surface area contributed by atoms with E-state index in [9.17, 15) is 22.0 Å². The Morgan fingerprint density at radius 2 is 1.78 bits per heavy atom. The molecule has 1 heterocycles. The van der Waals surface area contributed by atoms with Gasteiger partial charge in [0.05, 0.1) is 10.6 Å². The van der Waals surface area contributed by atoms with E-state index >= 15 is 0 Å². The molecule has 0 unspecified atom stereocenters. The van der Waals surface area contributed by atoms with Crippen LogP contribution >= 0.6 is 11.8 Å². The minimum atomic E-state index is -3.65. The van der Waals surface area contributed by atoms with Gasteiger partial charge in [0.15, 0.2) is 0 Å². The maximum absolute atomic E-state index is 13.2. The molecule has 2 aromatic carbocycles. The van der Waals surface area contributed by atoms with Crippen LogP contribution < -0.4 is 5.32 Å². The lowest BCUT2D eigenvalue weighted by atomic mass is 10.2. The summed E-state index contributed by atoms with van der Waals surface area (Å²) in [6.07, 6.45) is 0. The Kier molecular flexibility index (Phi) is 7.59. The van der Waals surface area contributed by atoms with Gasteiger partial charge in [-0.2, -0.15) is 4.31 Å². The summed E-state index contributed by atoms with van der Waals surface area (Å²) in [7, 11) is -3.65. The van der Waals surface area contributed by atoms with Gasteiger partial charge < -0.3 is 9.73 Å². The number of anilines is 1. The fourth-order valence-corrected chi connectivity index (χ4v) is 4.90. The molecule has 1 amide bonds. The van der Waals surface area contributed by atoms with E-state index < -0.39 is 27.6 Å². The van der Waals surface area contributed by atoms with Crippen LogP contribution in [0.4, 0.5) is 14.5 Å². The predicted octanol–water partition coefficient (Wildman–Crippen LogP) is 3.78. The second-order valence-corrected chi connectivity index (χ2v) is 9.35. The molecule has 0 aliphatic carbocycles. The summed E-state index contributed by atoms with van der Waals surface area (Å²) in [5, 5.41) is 10.2. The van der Waals surface area contributed by atoms with Crippen molar-refractivity contribution in [3.8, 4) is 11.5 Å². The summed E-state index contributed by atoms with van der Waals surface area (Å²) >= 11 is 0.927. The summed E-state index contributed by atoms with van der Waals surface area (Å²) in [6.45, 7) is 4.20. The molecule has 1 aromatic heterocycles. The highest BCUT2D eigenvalue weighted by Crippen LogP contribution is 2.26. The van der Waals surface area contributed by atoms with Gasteiger partial charge in [0.25, 0.3) is 5.22 Å². The zero-order valence-electron chi connectivity index (χ0n) is 17.2. The topological polar surface area (TPSA) is 105 Å². The molecular formula is C20H20F2N4O4S2. The monoisotopic (exact) mass is 482 g/mol. The van der Waals surface area contributed by atoms with Gasteiger partial charge in [0.2, 0.25) is 21.8 Å². The number of aromatic nitrogens is 2. The second kappa shape index (κ2) is 10.2. The van der Waals surface area contributed by atoms with E-state index in [1.807, 2.05) is 0 Å². The maximum atomic E-state index is 13.2. The summed E-state index contributed by atoms with van der Waals surface area (Å²) < 4.78 is 58.7. The smallest absolute Gasteiger partial charge is 0.277 e. The van der Waals surface area contributed by atoms with Crippen molar-refractivity contribution in [2.45, 2.75) is 24.0 Å². The SMILES string of the molecule is CCN(CC)S(=O)(=O)c1cccc(-c2nnc(SCC(=O)Nc3cc(F)cc(F)c3)o2)c1. The Morgan fingerprint density at radius 3 is 2.44 bits per heavy atom. The third-order valence-corrected chi connectivity index (χ3v) is 7.17. The third kappa shape index (κ3) is 5.69. The van der Waals surface area contributed by atoms with Crippen LogP contribution in [0.25, 0.3) is 11.5 Å². The van der Waals surface area contributed by atoms with E-state index in [-0.39, 0.29) is 27.4 Å². The molecule has 3 aromatic rings. The normalized spacial score (nSPS) is 11.7. The third-order valence-electron chi connectivity index (χ3n) is 4.30. The van der Waals surface area contributed by atoms with Crippen LogP contribution in [0.2, 0.25) is 0 Å². The Morgan fingerprint density at radius 1 is 1.09 bits per heavy atom. The molecule has 0 saturated heterocycles. The van der Waals surface area contributed by atoms with Gasteiger partial charge in [0, 0.05) is 30.4 Å². The lowest BCUT2D eigenvalue weighted by molar-refractivity contribution is -0.113. The van der Waals surface area contributed by atoms with Crippen molar-refractivity contribution in [2.75, 3.05) is 24.2 Å². The van der Waals surface area contributed by atoms with Crippen LogP contribution in [-0.2, 0) is 14.8 Å². The lowest BCUT2D eigenvalue weighted by Crippen LogP contribution is -2.30. The summed E-state index contributed by atoms with van der Waals surface area (Å²) in [5.74, 6) is -2.18. The molecule has 0 bridgehead atoms. The first-order valence-electron chi connectivity index (χ1n) is 9.55. The standard InChI is InChI=1S/C20H20F2N4O4S2/c1-3-26(4-2)32(28,29)17-7-5-6-13(8-17)19-24-25-20(30-19)31-12-18(27)23-16-10-14(21)9-15(22)11-16/h5-11H,3-4,12H2,1-2H3,(H,23,27). The summed E-state index contributed by atoms with van der Waals surface area (Å²) in [5.41, 5.74) is 0.405. The van der Waals surface area contributed by atoms with Crippen LogP contribution in [0.15, 0.2) is 57.0 Å². The Bertz CT molecular complexity index is 1190. The summed E-state index contributed by atoms with van der Waals surface area (Å²) in [6, 6.07) is 8.84.